The molecule has 0 amide bonds. The lowest BCUT2D eigenvalue weighted by Crippen LogP contribution is -2.21. The first-order valence-electron chi connectivity index (χ1n) is 4.71. The van der Waals surface area contributed by atoms with Gasteiger partial charge >= 0.3 is 0 Å². The monoisotopic (exact) mass is 219 g/mol. The Balaban J connectivity index is 2.52. The van der Waals surface area contributed by atoms with Crippen LogP contribution in [0.25, 0.3) is 0 Å². The van der Waals surface area contributed by atoms with Gasteiger partial charge in [-0.15, -0.1) is 0 Å². The predicted molar refractivity (Wildman–Crippen MR) is 57.0 cm³/mol. The van der Waals surface area contributed by atoms with E-state index in [0.29, 0.717) is 6.42 Å². The first-order valence-corrected chi connectivity index (χ1v) is 7.00. The summed E-state index contributed by atoms with van der Waals surface area (Å²) in [6.07, 6.45) is 0.642. The van der Waals surface area contributed by atoms with Crippen molar-refractivity contribution in [1.82, 2.24) is 0 Å². The van der Waals surface area contributed by atoms with E-state index < -0.39 is 7.37 Å². The van der Waals surface area contributed by atoms with Gasteiger partial charge in [-0.1, -0.05) is 25.9 Å². The average molecular weight is 219 g/mol. The van der Waals surface area contributed by atoms with Crippen LogP contribution >= 0.6 is 7.37 Å². The fraction of sp³-hybridized carbons (Fsp3) is 0.889. The van der Waals surface area contributed by atoms with E-state index in [1.807, 2.05) is 0 Å². The summed E-state index contributed by atoms with van der Waals surface area (Å²) in [5, 5.41) is 3.96. The Kier molecular flexibility index (Phi) is 3.07. The Morgan fingerprint density at radius 1 is 1.64 bits per heavy atom. The van der Waals surface area contributed by atoms with Crippen molar-refractivity contribution in [3.63, 3.8) is 0 Å². The Morgan fingerprint density at radius 2 is 2.21 bits per heavy atom. The van der Waals surface area contributed by atoms with Gasteiger partial charge in [0.05, 0.1) is 11.9 Å². The molecule has 0 aromatic heterocycles. The molecule has 0 aliphatic carbocycles. The first-order chi connectivity index (χ1) is 6.18. The normalized spacial score (nSPS) is 26.6. The van der Waals surface area contributed by atoms with Gasteiger partial charge in [0, 0.05) is 18.5 Å². The van der Waals surface area contributed by atoms with E-state index >= 15 is 0 Å². The van der Waals surface area contributed by atoms with Crippen LogP contribution < -0.4 is 0 Å². The highest BCUT2D eigenvalue weighted by Crippen LogP contribution is 2.39. The lowest BCUT2D eigenvalue weighted by molar-refractivity contribution is 0.0999. The molecule has 0 bridgehead atoms. The lowest BCUT2D eigenvalue weighted by Gasteiger charge is -2.17. The molecule has 14 heavy (non-hydrogen) atoms. The second-order valence-corrected chi connectivity index (χ2v) is 7.42. The van der Waals surface area contributed by atoms with E-state index in [0.717, 1.165) is 5.71 Å². The van der Waals surface area contributed by atoms with Gasteiger partial charge in [0.2, 0.25) is 7.37 Å². The zero-order chi connectivity index (χ0) is 11.0. The largest absolute Gasteiger partial charge is 0.392 e. The number of rotatable bonds is 2. The summed E-state index contributed by atoms with van der Waals surface area (Å²) in [4.78, 5) is 14.3. The topological polar surface area (TPSA) is 58.9 Å². The summed E-state index contributed by atoms with van der Waals surface area (Å²) in [5.41, 5.74) is 0.957. The molecule has 0 radical (unpaired) electrons. The molecule has 4 nitrogen and oxygen atoms in total. The van der Waals surface area contributed by atoms with E-state index in [1.54, 1.807) is 0 Å². The highest BCUT2D eigenvalue weighted by Gasteiger charge is 2.32. The maximum atomic E-state index is 11.2. The van der Waals surface area contributed by atoms with Crippen molar-refractivity contribution in [3.05, 3.63) is 0 Å². The van der Waals surface area contributed by atoms with Crippen molar-refractivity contribution in [2.75, 3.05) is 12.8 Å². The summed E-state index contributed by atoms with van der Waals surface area (Å²) >= 11 is 0. The van der Waals surface area contributed by atoms with Crippen molar-refractivity contribution in [3.8, 4) is 0 Å². The Labute approximate surface area is 84.8 Å². The molecule has 1 aliphatic heterocycles. The first kappa shape index (κ1) is 11.7. The van der Waals surface area contributed by atoms with Crippen LogP contribution in [-0.4, -0.2) is 29.5 Å². The number of nitrogens with zero attached hydrogens (tertiary/aromatic N) is 1. The third kappa shape index (κ3) is 3.43. The highest BCUT2D eigenvalue weighted by molar-refractivity contribution is 7.57. The molecule has 2 unspecified atom stereocenters. The summed E-state index contributed by atoms with van der Waals surface area (Å²) in [6, 6.07) is 0. The highest BCUT2D eigenvalue weighted by atomic mass is 31.2. The third-order valence-corrected chi connectivity index (χ3v) is 3.23. The predicted octanol–water partition coefficient (Wildman–Crippen LogP) is 2.08. The van der Waals surface area contributed by atoms with Gasteiger partial charge in [-0.2, -0.15) is 0 Å². The minimum absolute atomic E-state index is 0.0120. The van der Waals surface area contributed by atoms with Crippen LogP contribution in [0, 0.1) is 5.41 Å². The lowest BCUT2D eigenvalue weighted by atomic mass is 9.87. The molecule has 1 rings (SSSR count). The van der Waals surface area contributed by atoms with Crippen molar-refractivity contribution < 1.29 is 14.3 Å². The van der Waals surface area contributed by atoms with E-state index in [-0.39, 0.29) is 17.7 Å². The van der Waals surface area contributed by atoms with Gasteiger partial charge in [0.15, 0.2) is 0 Å². The maximum absolute atomic E-state index is 11.2. The maximum Gasteiger partial charge on any atom is 0.201 e. The van der Waals surface area contributed by atoms with Crippen LogP contribution in [0.2, 0.25) is 0 Å². The number of hydrogen-bond acceptors (Lipinski definition) is 3. The van der Waals surface area contributed by atoms with Crippen molar-refractivity contribution in [1.29, 1.82) is 0 Å². The zero-order valence-electron chi connectivity index (χ0n) is 9.15. The van der Waals surface area contributed by atoms with Crippen LogP contribution in [0.1, 0.15) is 27.2 Å². The summed E-state index contributed by atoms with van der Waals surface area (Å²) < 4.78 is 11.2. The SMILES string of the molecule is CC(C)(C)C1=NOC(CP(C)(=O)O)C1. The number of oxime groups is 1. The smallest absolute Gasteiger partial charge is 0.201 e. The molecule has 0 fully saturated rings. The van der Waals surface area contributed by atoms with Crippen LogP contribution in [0.15, 0.2) is 5.16 Å². The third-order valence-electron chi connectivity index (χ3n) is 2.14. The Bertz CT molecular complexity index is 287. The van der Waals surface area contributed by atoms with Gasteiger partial charge in [0.25, 0.3) is 0 Å². The van der Waals surface area contributed by atoms with E-state index in [9.17, 15) is 9.46 Å². The molecule has 0 aromatic rings. The molecule has 1 heterocycles. The molecular formula is C9H18NO3P. The van der Waals surface area contributed by atoms with Crippen molar-refractivity contribution in [2.24, 2.45) is 10.6 Å². The quantitative estimate of drug-likeness (QED) is 0.723. The molecule has 0 spiro atoms. The molecule has 0 saturated carbocycles. The van der Waals surface area contributed by atoms with Gasteiger partial charge in [-0.3, -0.25) is 4.57 Å². The minimum Gasteiger partial charge on any atom is -0.392 e. The zero-order valence-corrected chi connectivity index (χ0v) is 10.0. The van der Waals surface area contributed by atoms with Gasteiger partial charge in [0.1, 0.15) is 6.10 Å². The number of hydrogen-bond donors (Lipinski definition) is 1. The molecule has 5 heteroatoms. The Morgan fingerprint density at radius 3 is 2.57 bits per heavy atom. The standard InChI is InChI=1S/C9H18NO3P/c1-9(2,3)8-5-7(13-10-8)6-14(4,11)12/h7H,5-6H2,1-4H3,(H,11,12). The van der Waals surface area contributed by atoms with Crippen molar-refractivity contribution >= 4 is 13.1 Å². The molecule has 0 aromatic carbocycles. The Hall–Kier alpha value is -0.340. The second kappa shape index (κ2) is 3.67. The molecule has 1 N–H and O–H groups in total. The summed E-state index contributed by atoms with van der Waals surface area (Å²) in [7, 11) is -2.99. The van der Waals surface area contributed by atoms with E-state index in [2.05, 4.69) is 25.9 Å². The van der Waals surface area contributed by atoms with Gasteiger partial charge in [-0.25, -0.2) is 0 Å². The van der Waals surface area contributed by atoms with Crippen LogP contribution in [0.5, 0.6) is 0 Å². The average Bonchev–Trinajstić information content (AvgIpc) is 2.29. The van der Waals surface area contributed by atoms with Crippen LogP contribution in [-0.2, 0) is 9.40 Å². The van der Waals surface area contributed by atoms with Gasteiger partial charge < -0.3 is 9.73 Å². The molecule has 2 atom stereocenters. The van der Waals surface area contributed by atoms with Crippen molar-refractivity contribution in [2.45, 2.75) is 33.3 Å². The molecule has 0 saturated heterocycles. The molecule has 82 valence electrons. The summed E-state index contributed by atoms with van der Waals surface area (Å²) in [5.74, 6) is 0. The van der Waals surface area contributed by atoms with Gasteiger partial charge in [-0.05, 0) is 0 Å². The fourth-order valence-electron chi connectivity index (χ4n) is 1.35. The van der Waals surface area contributed by atoms with Crippen LogP contribution in [0.4, 0.5) is 0 Å². The fourth-order valence-corrected chi connectivity index (χ4v) is 2.30. The minimum atomic E-state index is -2.99. The van der Waals surface area contributed by atoms with Crippen LogP contribution in [0.3, 0.4) is 0 Å². The van der Waals surface area contributed by atoms with E-state index in [4.69, 9.17) is 4.84 Å². The molecule has 1 aliphatic rings. The molecular weight excluding hydrogens is 201 g/mol. The second-order valence-electron chi connectivity index (χ2n) is 4.95. The van der Waals surface area contributed by atoms with E-state index in [1.165, 1.54) is 6.66 Å². The summed E-state index contributed by atoms with van der Waals surface area (Å²) in [6.45, 7) is 7.53.